The van der Waals surface area contributed by atoms with Crippen LogP contribution < -0.4 is 5.73 Å². The van der Waals surface area contributed by atoms with E-state index in [4.69, 9.17) is 10.5 Å². The van der Waals surface area contributed by atoms with Crippen LogP contribution in [-0.4, -0.2) is 46.3 Å². The van der Waals surface area contributed by atoms with Gasteiger partial charge in [-0.15, -0.1) is 0 Å². The molecule has 1 fully saturated rings. The summed E-state index contributed by atoms with van der Waals surface area (Å²) < 4.78 is 5.33. The molecule has 0 spiro atoms. The molecule has 1 aliphatic heterocycles. The van der Waals surface area contributed by atoms with Crippen LogP contribution in [0, 0.1) is 11.8 Å². The summed E-state index contributed by atoms with van der Waals surface area (Å²) in [6, 6.07) is 0. The number of rotatable bonds is 5. The van der Waals surface area contributed by atoms with E-state index in [0.717, 1.165) is 6.42 Å². The number of carboxylic acids is 1. The molecule has 6 heteroatoms. The second kappa shape index (κ2) is 6.32. The van der Waals surface area contributed by atoms with Gasteiger partial charge < -0.3 is 15.6 Å². The van der Waals surface area contributed by atoms with Crippen molar-refractivity contribution in [3.8, 4) is 0 Å². The monoisotopic (exact) mass is 300 g/mol. The average molecular weight is 300 g/mol. The van der Waals surface area contributed by atoms with E-state index in [9.17, 15) is 14.7 Å². The Labute approximate surface area is 126 Å². The lowest BCUT2D eigenvalue weighted by atomic mass is 9.93. The van der Waals surface area contributed by atoms with Crippen molar-refractivity contribution in [2.45, 2.75) is 58.7 Å². The van der Waals surface area contributed by atoms with Gasteiger partial charge in [-0.3, -0.25) is 9.69 Å². The molecule has 0 bridgehead atoms. The van der Waals surface area contributed by atoms with Gasteiger partial charge in [-0.1, -0.05) is 13.8 Å². The Bertz CT molecular complexity index is 403. The van der Waals surface area contributed by atoms with E-state index in [2.05, 4.69) is 13.8 Å². The highest BCUT2D eigenvalue weighted by Gasteiger charge is 2.56. The van der Waals surface area contributed by atoms with E-state index in [1.807, 2.05) is 0 Å². The number of carbonyl (C=O) groups is 2. The highest BCUT2D eigenvalue weighted by molar-refractivity contribution is 5.87. The molecule has 1 heterocycles. The number of ether oxygens (including phenoxy) is 1. The first-order chi connectivity index (χ1) is 9.48. The van der Waals surface area contributed by atoms with Crippen molar-refractivity contribution in [2.75, 3.05) is 13.1 Å². The van der Waals surface area contributed by atoms with E-state index in [-0.39, 0.29) is 0 Å². The Kier molecular flexibility index (Phi) is 5.39. The molecule has 0 saturated carbocycles. The van der Waals surface area contributed by atoms with Crippen LogP contribution >= 0.6 is 0 Å². The number of hydrogen-bond donors (Lipinski definition) is 2. The summed E-state index contributed by atoms with van der Waals surface area (Å²) in [4.78, 5) is 25.7. The Balaban J connectivity index is 2.91. The normalized spacial score (nSPS) is 27.1. The number of carboxylic acid groups (broad SMARTS) is 1. The lowest BCUT2D eigenvalue weighted by molar-refractivity contribution is -0.170. The molecular weight excluding hydrogens is 272 g/mol. The number of carbonyl (C=O) groups excluding carboxylic acids is 1. The SMILES string of the molecule is CC(C)CCN1CCC(C(=O)OC(C)(C)C)[C@@]1(N)C(=O)O. The van der Waals surface area contributed by atoms with Crippen molar-refractivity contribution < 1.29 is 19.4 Å². The Morgan fingerprint density at radius 2 is 2.00 bits per heavy atom. The van der Waals surface area contributed by atoms with Crippen molar-refractivity contribution in [3.05, 3.63) is 0 Å². The predicted molar refractivity (Wildman–Crippen MR) is 79.5 cm³/mol. The third-order valence-corrected chi connectivity index (χ3v) is 3.75. The van der Waals surface area contributed by atoms with Gasteiger partial charge >= 0.3 is 11.9 Å². The molecule has 1 aliphatic rings. The van der Waals surface area contributed by atoms with Crippen molar-refractivity contribution >= 4 is 11.9 Å². The van der Waals surface area contributed by atoms with Gasteiger partial charge in [0.2, 0.25) is 0 Å². The van der Waals surface area contributed by atoms with Crippen LogP contribution in [0.15, 0.2) is 0 Å². The molecule has 0 radical (unpaired) electrons. The molecule has 0 aliphatic carbocycles. The number of hydrogen-bond acceptors (Lipinski definition) is 5. The number of esters is 1. The van der Waals surface area contributed by atoms with Crippen LogP contribution in [-0.2, 0) is 14.3 Å². The van der Waals surface area contributed by atoms with Crippen LogP contribution in [0.4, 0.5) is 0 Å². The summed E-state index contributed by atoms with van der Waals surface area (Å²) in [6.45, 7) is 10.5. The lowest BCUT2D eigenvalue weighted by Crippen LogP contribution is -2.63. The first-order valence-electron chi connectivity index (χ1n) is 7.48. The third-order valence-electron chi connectivity index (χ3n) is 3.75. The topological polar surface area (TPSA) is 92.9 Å². The number of aliphatic carboxylic acids is 1. The number of nitrogens with zero attached hydrogens (tertiary/aromatic N) is 1. The van der Waals surface area contributed by atoms with E-state index in [1.165, 1.54) is 0 Å². The maximum atomic E-state index is 12.3. The standard InChI is InChI=1S/C15H28N2O4/c1-10(2)6-8-17-9-7-11(15(17,16)13(19)20)12(18)21-14(3,4)5/h10-11H,6-9,16H2,1-5H3,(H,19,20)/t11?,15-/m0/s1. The molecule has 6 nitrogen and oxygen atoms in total. The molecule has 0 aromatic heterocycles. The van der Waals surface area contributed by atoms with Crippen molar-refractivity contribution in [3.63, 3.8) is 0 Å². The van der Waals surface area contributed by atoms with E-state index < -0.39 is 29.1 Å². The maximum absolute atomic E-state index is 12.3. The zero-order chi connectivity index (χ0) is 16.4. The van der Waals surface area contributed by atoms with Gasteiger partial charge in [0.1, 0.15) is 11.5 Å². The highest BCUT2D eigenvalue weighted by atomic mass is 16.6. The summed E-state index contributed by atoms with van der Waals surface area (Å²) in [5, 5.41) is 9.55. The molecule has 1 saturated heterocycles. The molecule has 21 heavy (non-hydrogen) atoms. The second-order valence-corrected chi connectivity index (χ2v) is 7.17. The molecule has 122 valence electrons. The van der Waals surface area contributed by atoms with Gasteiger partial charge in [0.05, 0.1) is 0 Å². The minimum Gasteiger partial charge on any atom is -0.479 e. The van der Waals surface area contributed by atoms with Crippen molar-refractivity contribution in [1.29, 1.82) is 0 Å². The predicted octanol–water partition coefficient (Wildman–Crippen LogP) is 1.44. The average Bonchev–Trinajstić information content (AvgIpc) is 2.63. The first-order valence-corrected chi connectivity index (χ1v) is 7.48. The fourth-order valence-corrected chi connectivity index (χ4v) is 2.58. The lowest BCUT2D eigenvalue weighted by Gasteiger charge is -2.35. The molecule has 0 aromatic rings. The molecule has 1 unspecified atom stereocenters. The summed E-state index contributed by atoms with van der Waals surface area (Å²) >= 11 is 0. The van der Waals surface area contributed by atoms with Crippen molar-refractivity contribution in [2.24, 2.45) is 17.6 Å². The van der Waals surface area contributed by atoms with E-state index >= 15 is 0 Å². The Morgan fingerprint density at radius 3 is 2.43 bits per heavy atom. The zero-order valence-corrected chi connectivity index (χ0v) is 13.7. The van der Waals surface area contributed by atoms with Crippen molar-refractivity contribution in [1.82, 2.24) is 4.90 Å². The van der Waals surface area contributed by atoms with Gasteiger partial charge in [0.15, 0.2) is 5.66 Å². The molecule has 2 atom stereocenters. The Hall–Kier alpha value is -1.14. The van der Waals surface area contributed by atoms with E-state index in [0.29, 0.717) is 25.4 Å². The number of nitrogens with two attached hydrogens (primary N) is 1. The van der Waals surface area contributed by atoms with Gasteiger partial charge in [0.25, 0.3) is 0 Å². The summed E-state index contributed by atoms with van der Waals surface area (Å²) in [5.41, 5.74) is 3.80. The smallest absolute Gasteiger partial charge is 0.339 e. The van der Waals surface area contributed by atoms with Gasteiger partial charge in [-0.2, -0.15) is 0 Å². The van der Waals surface area contributed by atoms with Gasteiger partial charge in [0, 0.05) is 13.1 Å². The fourth-order valence-electron chi connectivity index (χ4n) is 2.58. The van der Waals surface area contributed by atoms with Gasteiger partial charge in [-0.05, 0) is 39.5 Å². The van der Waals surface area contributed by atoms with Crippen LogP contribution in [0.5, 0.6) is 0 Å². The zero-order valence-electron chi connectivity index (χ0n) is 13.7. The minimum absolute atomic E-state index is 0.413. The Morgan fingerprint density at radius 1 is 1.43 bits per heavy atom. The molecular formula is C15H28N2O4. The first kappa shape index (κ1) is 17.9. The third kappa shape index (κ3) is 4.17. The van der Waals surface area contributed by atoms with E-state index in [1.54, 1.807) is 25.7 Å². The molecule has 1 rings (SSSR count). The van der Waals surface area contributed by atoms with Gasteiger partial charge in [-0.25, -0.2) is 4.79 Å². The molecule has 0 amide bonds. The number of likely N-dealkylation sites (tertiary alicyclic amines) is 1. The summed E-state index contributed by atoms with van der Waals surface area (Å²) in [7, 11) is 0. The molecule has 0 aromatic carbocycles. The molecule has 3 N–H and O–H groups in total. The van der Waals surface area contributed by atoms with Crippen LogP contribution in [0.3, 0.4) is 0 Å². The fraction of sp³-hybridized carbons (Fsp3) is 0.867. The highest BCUT2D eigenvalue weighted by Crippen LogP contribution is 2.33. The minimum atomic E-state index is -1.67. The second-order valence-electron chi connectivity index (χ2n) is 7.17. The quantitative estimate of drug-likeness (QED) is 0.746. The maximum Gasteiger partial charge on any atom is 0.339 e. The largest absolute Gasteiger partial charge is 0.479 e. The van der Waals surface area contributed by atoms with Crippen LogP contribution in [0.25, 0.3) is 0 Å². The van der Waals surface area contributed by atoms with Crippen LogP contribution in [0.2, 0.25) is 0 Å². The summed E-state index contributed by atoms with van der Waals surface area (Å²) in [5.74, 6) is -2.08. The van der Waals surface area contributed by atoms with Crippen LogP contribution in [0.1, 0.15) is 47.5 Å². The summed E-state index contributed by atoms with van der Waals surface area (Å²) in [6.07, 6.45) is 1.25.